The van der Waals surface area contributed by atoms with E-state index in [4.69, 9.17) is 4.74 Å². The molecule has 0 radical (unpaired) electrons. The molecule has 0 spiro atoms. The zero-order chi connectivity index (χ0) is 20.6. The van der Waals surface area contributed by atoms with Crippen molar-refractivity contribution in [3.63, 3.8) is 0 Å². The number of nitrogens with zero attached hydrogens (tertiary/aromatic N) is 4. The third-order valence-corrected chi connectivity index (χ3v) is 5.68. The van der Waals surface area contributed by atoms with Gasteiger partial charge in [0, 0.05) is 71.0 Å². The van der Waals surface area contributed by atoms with Crippen LogP contribution in [0, 0.1) is 0 Å². The lowest BCUT2D eigenvalue weighted by Gasteiger charge is -2.34. The summed E-state index contributed by atoms with van der Waals surface area (Å²) in [7, 11) is 3.71. The van der Waals surface area contributed by atoms with E-state index >= 15 is 0 Å². The maximum Gasteiger partial charge on any atom is 0.254 e. The van der Waals surface area contributed by atoms with Crippen molar-refractivity contribution in [1.29, 1.82) is 0 Å². The van der Waals surface area contributed by atoms with Gasteiger partial charge in [0.25, 0.3) is 5.91 Å². The van der Waals surface area contributed by atoms with Gasteiger partial charge in [0.15, 0.2) is 0 Å². The van der Waals surface area contributed by atoms with E-state index in [0.717, 1.165) is 45.8 Å². The van der Waals surface area contributed by atoms with Crippen LogP contribution < -0.4 is 10.1 Å². The monoisotopic (exact) mass is 403 g/mol. The molecule has 2 heterocycles. The Labute approximate surface area is 173 Å². The number of carbonyl (C=O) groups is 2. The fourth-order valence-electron chi connectivity index (χ4n) is 3.70. The maximum atomic E-state index is 13.2. The molecule has 1 aromatic rings. The van der Waals surface area contributed by atoms with Crippen LogP contribution in [0.1, 0.15) is 10.4 Å². The lowest BCUT2D eigenvalue weighted by atomic mass is 10.1. The predicted octanol–water partition coefficient (Wildman–Crippen LogP) is -0.183. The van der Waals surface area contributed by atoms with E-state index in [9.17, 15) is 9.59 Å². The topological polar surface area (TPSA) is 68.4 Å². The van der Waals surface area contributed by atoms with Crippen molar-refractivity contribution in [2.75, 3.05) is 86.1 Å². The summed E-state index contributed by atoms with van der Waals surface area (Å²) in [5, 5.41) is 3.26. The van der Waals surface area contributed by atoms with Crippen LogP contribution in [0.5, 0.6) is 5.75 Å². The van der Waals surface area contributed by atoms with Crippen molar-refractivity contribution < 1.29 is 14.3 Å². The number of piperazine rings is 2. The summed E-state index contributed by atoms with van der Waals surface area (Å²) in [5.41, 5.74) is 0.552. The Kier molecular flexibility index (Phi) is 7.85. The second kappa shape index (κ2) is 10.6. The van der Waals surface area contributed by atoms with E-state index in [0.29, 0.717) is 30.9 Å². The Morgan fingerprint density at radius 2 is 1.83 bits per heavy atom. The van der Waals surface area contributed by atoms with Crippen LogP contribution in [0.4, 0.5) is 0 Å². The van der Waals surface area contributed by atoms with E-state index < -0.39 is 0 Å². The van der Waals surface area contributed by atoms with Gasteiger partial charge in [-0.25, -0.2) is 0 Å². The highest BCUT2D eigenvalue weighted by Crippen LogP contribution is 2.15. The predicted molar refractivity (Wildman–Crippen MR) is 112 cm³/mol. The highest BCUT2D eigenvalue weighted by Gasteiger charge is 2.24. The largest absolute Gasteiger partial charge is 0.497 e. The number of amides is 2. The van der Waals surface area contributed by atoms with E-state index in [1.807, 2.05) is 17.0 Å². The summed E-state index contributed by atoms with van der Waals surface area (Å²) >= 11 is 0. The maximum absolute atomic E-state index is 13.2. The molecule has 0 saturated carbocycles. The van der Waals surface area contributed by atoms with Gasteiger partial charge in [-0.2, -0.15) is 0 Å². The van der Waals surface area contributed by atoms with Gasteiger partial charge in [-0.05, 0) is 25.2 Å². The number of likely N-dealkylation sites (N-methyl/N-ethyl adjacent to an activating group) is 1. The smallest absolute Gasteiger partial charge is 0.254 e. The zero-order valence-corrected chi connectivity index (χ0v) is 17.6. The molecule has 1 aromatic carbocycles. The fourth-order valence-corrected chi connectivity index (χ4v) is 3.70. The van der Waals surface area contributed by atoms with Crippen LogP contribution in [-0.2, 0) is 4.79 Å². The first-order chi connectivity index (χ1) is 14.1. The van der Waals surface area contributed by atoms with Crippen LogP contribution in [0.2, 0.25) is 0 Å². The molecule has 0 aromatic heterocycles. The van der Waals surface area contributed by atoms with Crippen molar-refractivity contribution in [2.24, 2.45) is 0 Å². The Bertz CT molecular complexity index is 685. The van der Waals surface area contributed by atoms with Gasteiger partial charge in [0.1, 0.15) is 12.3 Å². The standard InChI is InChI=1S/C21H33N5O3/c1-23-10-12-24(13-11-23)14-15-26(17-20(27)25-8-6-22-7-9-25)21(28)18-4-3-5-19(16-18)29-2/h3-5,16,22H,6-15,17H2,1-2H3. The number of carbonyl (C=O) groups excluding carboxylic acids is 2. The van der Waals surface area contributed by atoms with Crippen LogP contribution in [0.15, 0.2) is 24.3 Å². The van der Waals surface area contributed by atoms with Crippen LogP contribution in [0.3, 0.4) is 0 Å². The van der Waals surface area contributed by atoms with Gasteiger partial charge in [-0.3, -0.25) is 14.5 Å². The summed E-state index contributed by atoms with van der Waals surface area (Å²) in [4.78, 5) is 34.2. The first-order valence-corrected chi connectivity index (χ1v) is 10.4. The molecule has 2 fully saturated rings. The van der Waals surface area contributed by atoms with Crippen molar-refractivity contribution in [1.82, 2.24) is 24.9 Å². The van der Waals surface area contributed by atoms with E-state index in [-0.39, 0.29) is 18.4 Å². The molecule has 2 aliphatic rings. The van der Waals surface area contributed by atoms with Crippen molar-refractivity contribution in [3.8, 4) is 5.75 Å². The first-order valence-electron chi connectivity index (χ1n) is 10.4. The minimum Gasteiger partial charge on any atom is -0.497 e. The zero-order valence-electron chi connectivity index (χ0n) is 17.6. The SMILES string of the molecule is COc1cccc(C(=O)N(CCN2CCN(C)CC2)CC(=O)N2CCNCC2)c1. The molecule has 1 N–H and O–H groups in total. The van der Waals surface area contributed by atoms with Crippen LogP contribution in [0.25, 0.3) is 0 Å². The normalized spacial score (nSPS) is 18.5. The van der Waals surface area contributed by atoms with E-state index in [2.05, 4.69) is 22.2 Å². The molecule has 2 aliphatic heterocycles. The highest BCUT2D eigenvalue weighted by atomic mass is 16.5. The molecular weight excluding hydrogens is 370 g/mol. The lowest BCUT2D eigenvalue weighted by molar-refractivity contribution is -0.132. The second-order valence-electron chi connectivity index (χ2n) is 7.73. The summed E-state index contributed by atoms with van der Waals surface area (Å²) < 4.78 is 5.26. The average Bonchev–Trinajstić information content (AvgIpc) is 2.77. The number of ether oxygens (including phenoxy) is 1. The third-order valence-electron chi connectivity index (χ3n) is 5.68. The number of nitrogens with one attached hydrogen (secondary N) is 1. The highest BCUT2D eigenvalue weighted by molar-refractivity contribution is 5.96. The average molecular weight is 404 g/mol. The Morgan fingerprint density at radius 3 is 2.52 bits per heavy atom. The summed E-state index contributed by atoms with van der Waals surface area (Å²) in [6.45, 7) is 8.46. The summed E-state index contributed by atoms with van der Waals surface area (Å²) in [6.07, 6.45) is 0. The first kappa shape index (κ1) is 21.5. The van der Waals surface area contributed by atoms with Gasteiger partial charge in [0.2, 0.25) is 5.91 Å². The van der Waals surface area contributed by atoms with Gasteiger partial charge in [0.05, 0.1) is 7.11 Å². The lowest BCUT2D eigenvalue weighted by Crippen LogP contribution is -2.52. The van der Waals surface area contributed by atoms with E-state index in [1.54, 1.807) is 24.1 Å². The van der Waals surface area contributed by atoms with E-state index in [1.165, 1.54) is 0 Å². The van der Waals surface area contributed by atoms with Crippen molar-refractivity contribution >= 4 is 11.8 Å². The molecule has 0 unspecified atom stereocenters. The summed E-state index contributed by atoms with van der Waals surface area (Å²) in [6, 6.07) is 7.14. The Balaban J connectivity index is 1.67. The van der Waals surface area contributed by atoms with Crippen LogP contribution >= 0.6 is 0 Å². The number of rotatable bonds is 7. The molecule has 2 amide bonds. The molecule has 0 bridgehead atoms. The molecule has 29 heavy (non-hydrogen) atoms. The quantitative estimate of drug-likeness (QED) is 0.681. The fraction of sp³-hybridized carbons (Fsp3) is 0.619. The summed E-state index contributed by atoms with van der Waals surface area (Å²) in [5.74, 6) is 0.533. The number of benzene rings is 1. The molecule has 3 rings (SSSR count). The second-order valence-corrected chi connectivity index (χ2v) is 7.73. The Hall–Kier alpha value is -2.16. The minimum atomic E-state index is -0.124. The molecule has 8 heteroatoms. The molecule has 0 aliphatic carbocycles. The minimum absolute atomic E-state index is 0.0149. The van der Waals surface area contributed by atoms with Gasteiger partial charge < -0.3 is 24.8 Å². The molecule has 0 atom stereocenters. The molecule has 8 nitrogen and oxygen atoms in total. The van der Waals surface area contributed by atoms with Gasteiger partial charge in [-0.15, -0.1) is 0 Å². The van der Waals surface area contributed by atoms with Crippen molar-refractivity contribution in [3.05, 3.63) is 29.8 Å². The van der Waals surface area contributed by atoms with Gasteiger partial charge in [-0.1, -0.05) is 6.07 Å². The molecule has 2 saturated heterocycles. The van der Waals surface area contributed by atoms with Gasteiger partial charge >= 0.3 is 0 Å². The molecular formula is C21H33N5O3. The Morgan fingerprint density at radius 1 is 1.10 bits per heavy atom. The number of hydrogen-bond donors (Lipinski definition) is 1. The molecule has 160 valence electrons. The number of hydrogen-bond acceptors (Lipinski definition) is 6. The number of methoxy groups -OCH3 is 1. The van der Waals surface area contributed by atoms with Crippen LogP contribution in [-0.4, -0.2) is 118 Å². The third kappa shape index (κ3) is 6.16. The van der Waals surface area contributed by atoms with Crippen molar-refractivity contribution in [2.45, 2.75) is 0 Å².